The Labute approximate surface area is 94.6 Å². The standard InChI is InChI=1S/C13H13NO2/c1-2-12(15)11-8-6-10(7-9-11)4-3-5-13(14)16/h6-9H,2,5H2,1H3,(H2,14,16). The summed E-state index contributed by atoms with van der Waals surface area (Å²) < 4.78 is 0. The van der Waals surface area contributed by atoms with Gasteiger partial charge in [0.25, 0.3) is 0 Å². The van der Waals surface area contributed by atoms with Gasteiger partial charge in [0, 0.05) is 17.5 Å². The first-order chi connectivity index (χ1) is 7.63. The Morgan fingerprint density at radius 2 is 1.88 bits per heavy atom. The Kier molecular flexibility index (Phi) is 4.28. The second-order valence-corrected chi connectivity index (χ2v) is 3.30. The van der Waals surface area contributed by atoms with Crippen molar-refractivity contribution in [3.8, 4) is 11.8 Å². The van der Waals surface area contributed by atoms with Gasteiger partial charge in [0.05, 0.1) is 6.42 Å². The monoisotopic (exact) mass is 215 g/mol. The molecule has 0 aromatic heterocycles. The molecule has 0 bridgehead atoms. The van der Waals surface area contributed by atoms with Crippen LogP contribution in [0.2, 0.25) is 0 Å². The van der Waals surface area contributed by atoms with Crippen molar-refractivity contribution in [2.75, 3.05) is 0 Å². The molecular weight excluding hydrogens is 202 g/mol. The van der Waals surface area contributed by atoms with Gasteiger partial charge in [-0.25, -0.2) is 0 Å². The molecule has 0 heterocycles. The minimum atomic E-state index is -0.440. The highest BCUT2D eigenvalue weighted by Crippen LogP contribution is 2.05. The molecule has 0 unspecified atom stereocenters. The molecule has 0 fully saturated rings. The number of primary amides is 1. The number of Topliss-reactive ketones (excluding diaryl/α,β-unsaturated/α-hetero) is 1. The van der Waals surface area contributed by atoms with E-state index >= 15 is 0 Å². The van der Waals surface area contributed by atoms with E-state index in [0.717, 1.165) is 5.56 Å². The highest BCUT2D eigenvalue weighted by atomic mass is 16.1. The quantitative estimate of drug-likeness (QED) is 0.613. The van der Waals surface area contributed by atoms with Crippen LogP contribution in [0.1, 0.15) is 35.7 Å². The average Bonchev–Trinajstić information content (AvgIpc) is 2.28. The Balaban J connectivity index is 2.74. The van der Waals surface area contributed by atoms with Crippen LogP contribution in [0.5, 0.6) is 0 Å². The van der Waals surface area contributed by atoms with Gasteiger partial charge in [-0.05, 0) is 12.1 Å². The third kappa shape index (κ3) is 3.58. The van der Waals surface area contributed by atoms with E-state index in [2.05, 4.69) is 11.8 Å². The maximum absolute atomic E-state index is 11.3. The maximum Gasteiger partial charge on any atom is 0.229 e. The average molecular weight is 215 g/mol. The molecule has 0 saturated carbocycles. The molecule has 0 spiro atoms. The molecule has 3 nitrogen and oxygen atoms in total. The molecular formula is C13H13NO2. The molecule has 0 aliphatic carbocycles. The lowest BCUT2D eigenvalue weighted by Crippen LogP contribution is -2.08. The van der Waals surface area contributed by atoms with E-state index in [1.807, 2.05) is 6.92 Å². The maximum atomic E-state index is 11.3. The summed E-state index contributed by atoms with van der Waals surface area (Å²) in [5, 5.41) is 0. The molecule has 0 aliphatic heterocycles. The first-order valence-electron chi connectivity index (χ1n) is 5.04. The summed E-state index contributed by atoms with van der Waals surface area (Å²) in [5.74, 6) is 5.12. The summed E-state index contributed by atoms with van der Waals surface area (Å²) in [6.45, 7) is 1.82. The predicted molar refractivity (Wildman–Crippen MR) is 61.8 cm³/mol. The van der Waals surface area contributed by atoms with Gasteiger partial charge in [0.1, 0.15) is 0 Å². The smallest absolute Gasteiger partial charge is 0.229 e. The minimum Gasteiger partial charge on any atom is -0.369 e. The molecule has 2 N–H and O–H groups in total. The Morgan fingerprint density at radius 1 is 1.25 bits per heavy atom. The third-order valence-corrected chi connectivity index (χ3v) is 2.02. The summed E-state index contributed by atoms with van der Waals surface area (Å²) in [6, 6.07) is 6.99. The Bertz CT molecular complexity index is 449. The van der Waals surface area contributed by atoms with Gasteiger partial charge in [-0.2, -0.15) is 0 Å². The molecule has 3 heteroatoms. The number of amides is 1. The van der Waals surface area contributed by atoms with Gasteiger partial charge in [-0.1, -0.05) is 30.9 Å². The molecule has 82 valence electrons. The summed E-state index contributed by atoms with van der Waals surface area (Å²) in [6.07, 6.45) is 0.544. The summed E-state index contributed by atoms with van der Waals surface area (Å²) in [5.41, 5.74) is 6.41. The number of carbonyl (C=O) groups is 2. The largest absolute Gasteiger partial charge is 0.369 e. The number of ketones is 1. The van der Waals surface area contributed by atoms with Gasteiger partial charge in [-0.3, -0.25) is 9.59 Å². The van der Waals surface area contributed by atoms with Gasteiger partial charge >= 0.3 is 0 Å². The number of rotatable bonds is 3. The van der Waals surface area contributed by atoms with Crippen molar-refractivity contribution in [2.45, 2.75) is 19.8 Å². The number of hydrogen-bond acceptors (Lipinski definition) is 2. The second-order valence-electron chi connectivity index (χ2n) is 3.30. The summed E-state index contributed by atoms with van der Waals surface area (Å²) >= 11 is 0. The molecule has 16 heavy (non-hydrogen) atoms. The van der Waals surface area contributed by atoms with Crippen molar-refractivity contribution in [2.24, 2.45) is 5.73 Å². The normalized spacial score (nSPS) is 9.06. The van der Waals surface area contributed by atoms with Crippen molar-refractivity contribution in [1.29, 1.82) is 0 Å². The number of hydrogen-bond donors (Lipinski definition) is 1. The number of carbonyl (C=O) groups excluding carboxylic acids is 2. The van der Waals surface area contributed by atoms with E-state index in [1.54, 1.807) is 24.3 Å². The van der Waals surface area contributed by atoms with Gasteiger partial charge in [0.2, 0.25) is 5.91 Å². The van der Waals surface area contributed by atoms with Crippen molar-refractivity contribution in [3.05, 3.63) is 35.4 Å². The van der Waals surface area contributed by atoms with Crippen molar-refractivity contribution in [3.63, 3.8) is 0 Å². The minimum absolute atomic E-state index is 0.0512. The molecule has 1 rings (SSSR count). The molecule has 0 atom stereocenters. The lowest BCUT2D eigenvalue weighted by atomic mass is 10.1. The SMILES string of the molecule is CCC(=O)c1ccc(C#CCC(N)=O)cc1. The predicted octanol–water partition coefficient (Wildman–Crippen LogP) is 1.51. The molecule has 1 aromatic carbocycles. The van der Waals surface area contributed by atoms with Gasteiger partial charge in [0.15, 0.2) is 5.78 Å². The third-order valence-electron chi connectivity index (χ3n) is 2.02. The van der Waals surface area contributed by atoms with Gasteiger partial charge < -0.3 is 5.73 Å². The van der Waals surface area contributed by atoms with Crippen molar-refractivity contribution >= 4 is 11.7 Å². The highest BCUT2D eigenvalue weighted by Gasteiger charge is 2.00. The topological polar surface area (TPSA) is 60.2 Å². The Hall–Kier alpha value is -2.08. The van der Waals surface area contributed by atoms with E-state index in [9.17, 15) is 9.59 Å². The van der Waals surface area contributed by atoms with Crippen LogP contribution in [-0.4, -0.2) is 11.7 Å². The van der Waals surface area contributed by atoms with Crippen LogP contribution < -0.4 is 5.73 Å². The highest BCUT2D eigenvalue weighted by molar-refractivity contribution is 5.95. The van der Waals surface area contributed by atoms with Crippen LogP contribution in [0.3, 0.4) is 0 Å². The number of benzene rings is 1. The zero-order valence-corrected chi connectivity index (χ0v) is 9.12. The zero-order valence-electron chi connectivity index (χ0n) is 9.12. The molecule has 0 aliphatic rings. The van der Waals surface area contributed by atoms with Crippen LogP contribution >= 0.6 is 0 Å². The van der Waals surface area contributed by atoms with Crippen molar-refractivity contribution in [1.82, 2.24) is 0 Å². The van der Waals surface area contributed by atoms with E-state index in [4.69, 9.17) is 5.73 Å². The second kappa shape index (κ2) is 5.72. The fraction of sp³-hybridized carbons (Fsp3) is 0.231. The van der Waals surface area contributed by atoms with Crippen LogP contribution in [-0.2, 0) is 4.79 Å². The van der Waals surface area contributed by atoms with Crippen LogP contribution in [0, 0.1) is 11.8 Å². The van der Waals surface area contributed by atoms with Crippen molar-refractivity contribution < 1.29 is 9.59 Å². The fourth-order valence-electron chi connectivity index (χ4n) is 1.18. The summed E-state index contributed by atoms with van der Waals surface area (Å²) in [7, 11) is 0. The number of nitrogens with two attached hydrogens (primary N) is 1. The first kappa shape index (κ1) is 12.0. The molecule has 0 radical (unpaired) electrons. The lowest BCUT2D eigenvalue weighted by molar-refractivity contribution is -0.117. The van der Waals surface area contributed by atoms with Crippen LogP contribution in [0.4, 0.5) is 0 Å². The van der Waals surface area contributed by atoms with E-state index in [0.29, 0.717) is 12.0 Å². The molecule has 1 amide bonds. The molecule has 1 aromatic rings. The zero-order chi connectivity index (χ0) is 12.0. The summed E-state index contributed by atoms with van der Waals surface area (Å²) in [4.78, 5) is 21.8. The molecule has 0 saturated heterocycles. The van der Waals surface area contributed by atoms with E-state index in [-0.39, 0.29) is 12.2 Å². The van der Waals surface area contributed by atoms with E-state index in [1.165, 1.54) is 0 Å². The van der Waals surface area contributed by atoms with Crippen LogP contribution in [0.25, 0.3) is 0 Å². The fourth-order valence-corrected chi connectivity index (χ4v) is 1.18. The first-order valence-corrected chi connectivity index (χ1v) is 5.04. The van der Waals surface area contributed by atoms with Crippen LogP contribution in [0.15, 0.2) is 24.3 Å². The lowest BCUT2D eigenvalue weighted by Gasteiger charge is -1.96. The van der Waals surface area contributed by atoms with E-state index < -0.39 is 5.91 Å². The van der Waals surface area contributed by atoms with Gasteiger partial charge in [-0.15, -0.1) is 0 Å². The Morgan fingerprint density at radius 3 is 2.38 bits per heavy atom.